The number of piperazine rings is 1. The van der Waals surface area contributed by atoms with Crippen molar-refractivity contribution in [2.45, 2.75) is 39.2 Å². The molecular weight excluding hydrogens is 472 g/mol. The average Bonchev–Trinajstić information content (AvgIpc) is 3.38. The van der Waals surface area contributed by atoms with Gasteiger partial charge in [-0.2, -0.15) is 0 Å². The highest BCUT2D eigenvalue weighted by Gasteiger charge is 2.28. The van der Waals surface area contributed by atoms with Gasteiger partial charge in [-0.25, -0.2) is 4.98 Å². The summed E-state index contributed by atoms with van der Waals surface area (Å²) in [6.07, 6.45) is 4.36. The summed E-state index contributed by atoms with van der Waals surface area (Å²) >= 11 is 7.92. The standard InChI is InChI=1S/C25H25ClN4O3S/c1-14-15-6-4-7-17(26)22(15)33-21(14)25(32)30-11-9-29(10-12-30)13-19-27-23(31)20-16-5-2-3-8-18(16)34-24(20)28-19/h4,6-7H,2-3,5,8-13H2,1H3,(H,27,28,31). The fraction of sp³-hybridized carbons (Fsp3) is 0.400. The highest BCUT2D eigenvalue weighted by Crippen LogP contribution is 2.34. The number of hydrogen-bond donors (Lipinski definition) is 1. The molecule has 3 aromatic heterocycles. The normalized spacial score (nSPS) is 16.9. The summed E-state index contributed by atoms with van der Waals surface area (Å²) in [7, 11) is 0. The van der Waals surface area contributed by atoms with Crippen LogP contribution in [-0.4, -0.2) is 51.9 Å². The van der Waals surface area contributed by atoms with Crippen LogP contribution in [0.15, 0.2) is 27.4 Å². The van der Waals surface area contributed by atoms with Crippen LogP contribution >= 0.6 is 22.9 Å². The van der Waals surface area contributed by atoms with Crippen molar-refractivity contribution in [1.29, 1.82) is 0 Å². The number of aromatic amines is 1. The smallest absolute Gasteiger partial charge is 0.289 e. The van der Waals surface area contributed by atoms with Crippen LogP contribution in [0.5, 0.6) is 0 Å². The number of fused-ring (bicyclic) bond motifs is 4. The molecule has 4 aromatic rings. The Labute approximate surface area is 205 Å². The summed E-state index contributed by atoms with van der Waals surface area (Å²) in [5.41, 5.74) is 2.57. The molecule has 1 amide bonds. The number of carbonyl (C=O) groups excluding carboxylic acids is 1. The molecule has 0 unspecified atom stereocenters. The van der Waals surface area contributed by atoms with E-state index in [1.54, 1.807) is 17.4 Å². The van der Waals surface area contributed by atoms with Crippen LogP contribution in [0.3, 0.4) is 0 Å². The van der Waals surface area contributed by atoms with E-state index in [-0.39, 0.29) is 11.5 Å². The van der Waals surface area contributed by atoms with Crippen molar-refractivity contribution < 1.29 is 9.21 Å². The molecule has 4 heterocycles. The van der Waals surface area contributed by atoms with Crippen molar-refractivity contribution >= 4 is 50.0 Å². The van der Waals surface area contributed by atoms with Gasteiger partial charge in [0, 0.05) is 42.0 Å². The zero-order valence-corrected chi connectivity index (χ0v) is 20.5. The van der Waals surface area contributed by atoms with Gasteiger partial charge >= 0.3 is 0 Å². The summed E-state index contributed by atoms with van der Waals surface area (Å²) in [6, 6.07) is 5.55. The maximum atomic E-state index is 13.2. The van der Waals surface area contributed by atoms with Crippen LogP contribution in [0.25, 0.3) is 21.2 Å². The second-order valence-corrected chi connectivity index (χ2v) is 10.6. The largest absolute Gasteiger partial charge is 0.449 e. The van der Waals surface area contributed by atoms with E-state index in [9.17, 15) is 9.59 Å². The van der Waals surface area contributed by atoms with Gasteiger partial charge in [0.25, 0.3) is 11.5 Å². The average molecular weight is 497 g/mol. The third kappa shape index (κ3) is 3.65. The van der Waals surface area contributed by atoms with Crippen LogP contribution in [0.2, 0.25) is 5.02 Å². The van der Waals surface area contributed by atoms with Crippen LogP contribution in [0.1, 0.15) is 45.2 Å². The maximum Gasteiger partial charge on any atom is 0.289 e. The molecule has 0 atom stereocenters. The monoisotopic (exact) mass is 496 g/mol. The lowest BCUT2D eigenvalue weighted by Gasteiger charge is -2.34. The zero-order chi connectivity index (χ0) is 23.4. The minimum absolute atomic E-state index is 0.0211. The molecule has 7 nitrogen and oxygen atoms in total. The van der Waals surface area contributed by atoms with Gasteiger partial charge in [-0.05, 0) is 44.2 Å². The number of rotatable bonds is 3. The number of furan rings is 1. The Kier molecular flexibility index (Phi) is 5.47. The third-order valence-electron chi connectivity index (χ3n) is 7.02. The molecule has 1 aliphatic heterocycles. The van der Waals surface area contributed by atoms with Gasteiger partial charge in [0.1, 0.15) is 10.7 Å². The molecule has 2 aliphatic rings. The number of aromatic nitrogens is 2. The van der Waals surface area contributed by atoms with E-state index in [0.717, 1.165) is 40.4 Å². The lowest BCUT2D eigenvalue weighted by Crippen LogP contribution is -2.48. The molecule has 0 radical (unpaired) electrons. The van der Waals surface area contributed by atoms with Gasteiger partial charge in [-0.15, -0.1) is 11.3 Å². The van der Waals surface area contributed by atoms with E-state index in [0.29, 0.717) is 54.9 Å². The van der Waals surface area contributed by atoms with Crippen molar-refractivity contribution in [3.63, 3.8) is 0 Å². The molecule has 1 saturated heterocycles. The Morgan fingerprint density at radius 1 is 1.21 bits per heavy atom. The van der Waals surface area contributed by atoms with Crippen LogP contribution < -0.4 is 5.56 Å². The molecule has 0 spiro atoms. The number of H-pyrrole nitrogens is 1. The van der Waals surface area contributed by atoms with Gasteiger partial charge in [-0.3, -0.25) is 14.5 Å². The van der Waals surface area contributed by atoms with Crippen LogP contribution in [0.4, 0.5) is 0 Å². The van der Waals surface area contributed by atoms with E-state index in [1.165, 1.54) is 16.9 Å². The molecule has 0 bridgehead atoms. The fourth-order valence-corrected chi connectivity index (χ4v) is 6.65. The Hall–Kier alpha value is -2.68. The van der Waals surface area contributed by atoms with Crippen molar-refractivity contribution in [2.24, 2.45) is 0 Å². The number of hydrogen-bond acceptors (Lipinski definition) is 6. The summed E-state index contributed by atoms with van der Waals surface area (Å²) in [5, 5.41) is 2.17. The van der Waals surface area contributed by atoms with Gasteiger partial charge in [0.05, 0.1) is 17.0 Å². The number of nitrogens with one attached hydrogen (secondary N) is 1. The van der Waals surface area contributed by atoms with E-state index in [1.807, 2.05) is 24.0 Å². The number of benzene rings is 1. The van der Waals surface area contributed by atoms with Crippen molar-refractivity contribution in [3.8, 4) is 0 Å². The number of halogens is 1. The highest BCUT2D eigenvalue weighted by molar-refractivity contribution is 7.18. The second-order valence-electron chi connectivity index (χ2n) is 9.14. The maximum absolute atomic E-state index is 13.2. The predicted molar refractivity (Wildman–Crippen MR) is 134 cm³/mol. The Morgan fingerprint density at radius 3 is 2.79 bits per heavy atom. The molecule has 1 fully saturated rings. The number of nitrogens with zero attached hydrogens (tertiary/aromatic N) is 3. The number of para-hydroxylation sites is 1. The zero-order valence-electron chi connectivity index (χ0n) is 18.9. The van der Waals surface area contributed by atoms with E-state index >= 15 is 0 Å². The summed E-state index contributed by atoms with van der Waals surface area (Å²) in [5.74, 6) is 0.940. The first kappa shape index (κ1) is 21.8. The molecule has 1 aromatic carbocycles. The molecule has 9 heteroatoms. The van der Waals surface area contributed by atoms with E-state index in [2.05, 4.69) is 9.88 Å². The van der Waals surface area contributed by atoms with Crippen molar-refractivity contribution in [2.75, 3.05) is 26.2 Å². The molecule has 1 N–H and O–H groups in total. The lowest BCUT2D eigenvalue weighted by atomic mass is 9.97. The first-order valence-corrected chi connectivity index (χ1v) is 12.9. The molecule has 1 aliphatic carbocycles. The first-order chi connectivity index (χ1) is 16.5. The number of thiophene rings is 1. The summed E-state index contributed by atoms with van der Waals surface area (Å²) in [4.78, 5) is 40.0. The van der Waals surface area contributed by atoms with Gasteiger partial charge in [0.2, 0.25) is 0 Å². The minimum atomic E-state index is -0.110. The Bertz CT molecular complexity index is 1480. The molecule has 176 valence electrons. The van der Waals surface area contributed by atoms with Gasteiger partial charge < -0.3 is 14.3 Å². The predicted octanol–water partition coefficient (Wildman–Crippen LogP) is 4.53. The number of aryl methyl sites for hydroxylation is 3. The van der Waals surface area contributed by atoms with Gasteiger partial charge in [-0.1, -0.05) is 23.7 Å². The number of carbonyl (C=O) groups is 1. The quantitative estimate of drug-likeness (QED) is 0.450. The van der Waals surface area contributed by atoms with Crippen LogP contribution in [-0.2, 0) is 19.4 Å². The van der Waals surface area contributed by atoms with E-state index in [4.69, 9.17) is 21.0 Å². The number of amides is 1. The van der Waals surface area contributed by atoms with Crippen LogP contribution in [0, 0.1) is 6.92 Å². The SMILES string of the molecule is Cc1c(C(=O)N2CCN(Cc3nc4sc5c(c4c(=O)[nH]3)CCCC5)CC2)oc2c(Cl)cccc12. The van der Waals surface area contributed by atoms with Crippen molar-refractivity contribution in [1.82, 2.24) is 19.8 Å². The fourth-order valence-electron chi connectivity index (χ4n) is 5.16. The lowest BCUT2D eigenvalue weighted by molar-refractivity contribution is 0.0596. The molecular formula is C25H25ClN4O3S. The minimum Gasteiger partial charge on any atom is -0.449 e. The van der Waals surface area contributed by atoms with Crippen molar-refractivity contribution in [3.05, 3.63) is 61.2 Å². The molecule has 6 rings (SSSR count). The Morgan fingerprint density at radius 2 is 2.00 bits per heavy atom. The highest BCUT2D eigenvalue weighted by atomic mass is 35.5. The Balaban J connectivity index is 1.16. The topological polar surface area (TPSA) is 82.4 Å². The molecule has 34 heavy (non-hydrogen) atoms. The molecule has 0 saturated carbocycles. The van der Waals surface area contributed by atoms with E-state index < -0.39 is 0 Å². The van der Waals surface area contributed by atoms with Gasteiger partial charge in [0.15, 0.2) is 11.3 Å². The third-order valence-corrected chi connectivity index (χ3v) is 8.50. The summed E-state index contributed by atoms with van der Waals surface area (Å²) in [6.45, 7) is 5.04. The second kappa shape index (κ2) is 8.52. The summed E-state index contributed by atoms with van der Waals surface area (Å²) < 4.78 is 5.87. The first-order valence-electron chi connectivity index (χ1n) is 11.7.